The van der Waals surface area contributed by atoms with Crippen molar-refractivity contribution in [1.82, 2.24) is 5.32 Å². The molecule has 2 aromatic rings. The second kappa shape index (κ2) is 8.44. The lowest BCUT2D eigenvalue weighted by Gasteiger charge is -2.20. The van der Waals surface area contributed by atoms with Crippen LogP contribution in [0.15, 0.2) is 42.5 Å². The number of hydrogen-bond acceptors (Lipinski definition) is 3. The van der Waals surface area contributed by atoms with E-state index in [1.54, 1.807) is 7.11 Å². The molecule has 4 nitrogen and oxygen atoms in total. The van der Waals surface area contributed by atoms with Gasteiger partial charge in [0.25, 0.3) is 0 Å². The molecule has 0 aromatic heterocycles. The Morgan fingerprint density at radius 1 is 1.12 bits per heavy atom. The van der Waals surface area contributed by atoms with Crippen LogP contribution in [-0.2, 0) is 0 Å². The highest BCUT2D eigenvalue weighted by Crippen LogP contribution is 2.18. The molecule has 0 saturated carbocycles. The molecule has 0 aliphatic rings. The SMILES string of the molecule is COc1ccc(N(C)CCNC(=S)Nc2c(F)cccc2F)cc1. The molecule has 24 heavy (non-hydrogen) atoms. The second-order valence-electron chi connectivity index (χ2n) is 5.10. The van der Waals surface area contributed by atoms with E-state index < -0.39 is 11.6 Å². The zero-order valence-electron chi connectivity index (χ0n) is 13.5. The van der Waals surface area contributed by atoms with E-state index in [0.29, 0.717) is 13.1 Å². The first kappa shape index (κ1) is 17.9. The molecule has 0 spiro atoms. The predicted molar refractivity (Wildman–Crippen MR) is 96.8 cm³/mol. The lowest BCUT2D eigenvalue weighted by atomic mass is 10.3. The van der Waals surface area contributed by atoms with E-state index in [2.05, 4.69) is 10.6 Å². The van der Waals surface area contributed by atoms with Gasteiger partial charge < -0.3 is 20.3 Å². The van der Waals surface area contributed by atoms with Crippen LogP contribution in [0.5, 0.6) is 5.75 Å². The zero-order valence-corrected chi connectivity index (χ0v) is 14.3. The topological polar surface area (TPSA) is 36.5 Å². The van der Waals surface area contributed by atoms with Crippen LogP contribution < -0.4 is 20.3 Å². The van der Waals surface area contributed by atoms with Gasteiger partial charge in [0.15, 0.2) is 5.11 Å². The number of thiocarbonyl (C=S) groups is 1. The summed E-state index contributed by atoms with van der Waals surface area (Å²) >= 11 is 5.07. The van der Waals surface area contributed by atoms with Gasteiger partial charge in [-0.05, 0) is 48.6 Å². The highest BCUT2D eigenvalue weighted by atomic mass is 32.1. The summed E-state index contributed by atoms with van der Waals surface area (Å²) in [6, 6.07) is 11.3. The van der Waals surface area contributed by atoms with E-state index in [-0.39, 0.29) is 10.8 Å². The number of nitrogens with zero attached hydrogens (tertiary/aromatic N) is 1. The fourth-order valence-corrected chi connectivity index (χ4v) is 2.28. The van der Waals surface area contributed by atoms with Crippen molar-refractivity contribution in [3.8, 4) is 5.75 Å². The third-order valence-electron chi connectivity index (χ3n) is 3.45. The number of methoxy groups -OCH3 is 1. The number of para-hydroxylation sites is 1. The van der Waals surface area contributed by atoms with Crippen molar-refractivity contribution in [2.75, 3.05) is 37.5 Å². The Kier molecular flexibility index (Phi) is 6.31. The number of hydrogen-bond donors (Lipinski definition) is 2. The Morgan fingerprint density at radius 2 is 1.75 bits per heavy atom. The zero-order chi connectivity index (χ0) is 17.5. The van der Waals surface area contributed by atoms with Gasteiger partial charge in [-0.15, -0.1) is 0 Å². The summed E-state index contributed by atoms with van der Waals surface area (Å²) in [6.45, 7) is 1.18. The molecular formula is C17H19F2N3OS. The van der Waals surface area contributed by atoms with E-state index in [4.69, 9.17) is 17.0 Å². The lowest BCUT2D eigenvalue weighted by molar-refractivity contribution is 0.415. The number of halogens is 2. The van der Waals surface area contributed by atoms with E-state index in [9.17, 15) is 8.78 Å². The summed E-state index contributed by atoms with van der Waals surface area (Å²) in [4.78, 5) is 2.03. The molecule has 0 unspecified atom stereocenters. The van der Waals surface area contributed by atoms with Gasteiger partial charge in [-0.3, -0.25) is 0 Å². The first-order chi connectivity index (χ1) is 11.5. The maximum Gasteiger partial charge on any atom is 0.170 e. The van der Waals surface area contributed by atoms with E-state index in [0.717, 1.165) is 11.4 Å². The van der Waals surface area contributed by atoms with E-state index in [1.807, 2.05) is 36.2 Å². The van der Waals surface area contributed by atoms with Crippen molar-refractivity contribution < 1.29 is 13.5 Å². The fourth-order valence-electron chi connectivity index (χ4n) is 2.08. The van der Waals surface area contributed by atoms with Gasteiger partial charge in [0.2, 0.25) is 0 Å². The molecule has 0 saturated heterocycles. The van der Waals surface area contributed by atoms with Crippen molar-refractivity contribution in [3.05, 3.63) is 54.1 Å². The Hall–Kier alpha value is -2.41. The van der Waals surface area contributed by atoms with Crippen LogP contribution in [0.2, 0.25) is 0 Å². The van der Waals surface area contributed by atoms with Crippen LogP contribution >= 0.6 is 12.2 Å². The van der Waals surface area contributed by atoms with Gasteiger partial charge in [0.05, 0.1) is 7.11 Å². The van der Waals surface area contributed by atoms with Crippen LogP contribution in [0.3, 0.4) is 0 Å². The molecule has 2 aromatic carbocycles. The molecule has 0 radical (unpaired) electrons. The average molecular weight is 351 g/mol. The van der Waals surface area contributed by atoms with Gasteiger partial charge in [0.1, 0.15) is 23.1 Å². The summed E-state index contributed by atoms with van der Waals surface area (Å²) in [5.41, 5.74) is 0.773. The second-order valence-corrected chi connectivity index (χ2v) is 5.51. The maximum absolute atomic E-state index is 13.5. The van der Waals surface area contributed by atoms with Gasteiger partial charge in [-0.1, -0.05) is 6.07 Å². The highest BCUT2D eigenvalue weighted by Gasteiger charge is 2.09. The number of anilines is 2. The Morgan fingerprint density at radius 3 is 2.33 bits per heavy atom. The number of ether oxygens (including phenoxy) is 1. The minimum atomic E-state index is -0.686. The molecule has 0 aliphatic carbocycles. The summed E-state index contributed by atoms with van der Waals surface area (Å²) in [5, 5.41) is 5.64. The van der Waals surface area contributed by atoms with Gasteiger partial charge in [0, 0.05) is 25.8 Å². The first-order valence-electron chi connectivity index (χ1n) is 7.35. The summed E-state index contributed by atoms with van der Waals surface area (Å²) in [5.74, 6) is -0.577. The molecule has 0 aliphatic heterocycles. The van der Waals surface area contributed by atoms with Crippen molar-refractivity contribution >= 4 is 28.7 Å². The van der Waals surface area contributed by atoms with Crippen molar-refractivity contribution in [2.45, 2.75) is 0 Å². The van der Waals surface area contributed by atoms with Crippen molar-refractivity contribution in [3.63, 3.8) is 0 Å². The minimum absolute atomic E-state index is 0.169. The molecule has 2 rings (SSSR count). The maximum atomic E-state index is 13.5. The van der Waals surface area contributed by atoms with Crippen LogP contribution in [0.25, 0.3) is 0 Å². The molecule has 0 bridgehead atoms. The predicted octanol–water partition coefficient (Wildman–Crippen LogP) is 3.40. The van der Waals surface area contributed by atoms with Crippen LogP contribution in [0.1, 0.15) is 0 Å². The first-order valence-corrected chi connectivity index (χ1v) is 7.76. The molecule has 0 fully saturated rings. The number of likely N-dealkylation sites (N-methyl/N-ethyl adjacent to an activating group) is 1. The van der Waals surface area contributed by atoms with Crippen molar-refractivity contribution in [1.29, 1.82) is 0 Å². The Labute approximate surface area is 145 Å². The standard InChI is InChI=1S/C17H19F2N3OS/c1-22(12-6-8-13(23-2)9-7-12)11-10-20-17(24)21-16-14(18)4-3-5-15(16)19/h3-9H,10-11H2,1-2H3,(H2,20,21,24). The average Bonchev–Trinajstić information content (AvgIpc) is 2.58. The van der Waals surface area contributed by atoms with E-state index >= 15 is 0 Å². The molecule has 0 heterocycles. The third-order valence-corrected chi connectivity index (χ3v) is 3.69. The molecule has 0 amide bonds. The van der Waals surface area contributed by atoms with Crippen LogP contribution in [-0.4, -0.2) is 32.4 Å². The third kappa shape index (κ3) is 4.79. The highest BCUT2D eigenvalue weighted by molar-refractivity contribution is 7.80. The molecule has 0 atom stereocenters. The Bertz CT molecular complexity index is 674. The molecule has 7 heteroatoms. The molecule has 2 N–H and O–H groups in total. The smallest absolute Gasteiger partial charge is 0.170 e. The van der Waals surface area contributed by atoms with Gasteiger partial charge in [-0.25, -0.2) is 8.78 Å². The van der Waals surface area contributed by atoms with Crippen LogP contribution in [0.4, 0.5) is 20.2 Å². The Balaban J connectivity index is 1.81. The fraction of sp³-hybridized carbons (Fsp3) is 0.235. The number of nitrogens with one attached hydrogen (secondary N) is 2. The van der Waals surface area contributed by atoms with Crippen LogP contribution in [0, 0.1) is 11.6 Å². The van der Waals surface area contributed by atoms with E-state index in [1.165, 1.54) is 18.2 Å². The number of benzene rings is 2. The van der Waals surface area contributed by atoms with Gasteiger partial charge >= 0.3 is 0 Å². The normalized spacial score (nSPS) is 10.2. The molecule has 128 valence electrons. The van der Waals surface area contributed by atoms with Crippen molar-refractivity contribution in [2.24, 2.45) is 0 Å². The summed E-state index contributed by atoms with van der Waals surface area (Å²) < 4.78 is 32.2. The summed E-state index contributed by atoms with van der Waals surface area (Å²) in [6.07, 6.45) is 0. The largest absolute Gasteiger partial charge is 0.497 e. The summed E-state index contributed by atoms with van der Waals surface area (Å²) in [7, 11) is 3.56. The van der Waals surface area contributed by atoms with Gasteiger partial charge in [-0.2, -0.15) is 0 Å². The lowest BCUT2D eigenvalue weighted by Crippen LogP contribution is -2.35. The quantitative estimate of drug-likeness (QED) is 0.780. The number of rotatable bonds is 6. The monoisotopic (exact) mass is 351 g/mol. The molecular weight excluding hydrogens is 332 g/mol. The minimum Gasteiger partial charge on any atom is -0.497 e.